The maximum Gasteiger partial charge on any atom is 0.238 e. The first-order chi connectivity index (χ1) is 15.1. The van der Waals surface area contributed by atoms with Gasteiger partial charge in [0.1, 0.15) is 6.67 Å². The van der Waals surface area contributed by atoms with Gasteiger partial charge in [-0.15, -0.1) is 0 Å². The van der Waals surface area contributed by atoms with Crippen molar-refractivity contribution in [2.75, 3.05) is 29.6 Å². The molecule has 1 saturated carbocycles. The molecule has 1 aliphatic rings. The highest BCUT2D eigenvalue weighted by atomic mass is 19.1. The summed E-state index contributed by atoms with van der Waals surface area (Å²) in [6.07, 6.45) is 11.4. The number of hydrogen-bond donors (Lipinski definition) is 2. The largest absolute Gasteiger partial charge is 0.494 e. The Morgan fingerprint density at radius 3 is 2.77 bits per heavy atom. The molecule has 0 amide bonds. The van der Waals surface area contributed by atoms with Crippen molar-refractivity contribution in [3.05, 3.63) is 42.7 Å². The molecule has 10 heteroatoms. The molecular formula is C21H27FN8O. The highest BCUT2D eigenvalue weighted by Gasteiger charge is 2.19. The Hall–Kier alpha value is -3.43. The molecular weight excluding hydrogens is 399 g/mol. The Kier molecular flexibility index (Phi) is 6.44. The van der Waals surface area contributed by atoms with Gasteiger partial charge in [0.2, 0.25) is 17.8 Å². The Morgan fingerprint density at radius 2 is 2.06 bits per heavy atom. The normalized spacial score (nSPS) is 14.4. The number of halogens is 1. The molecule has 31 heavy (non-hydrogen) atoms. The second-order valence-corrected chi connectivity index (χ2v) is 7.67. The van der Waals surface area contributed by atoms with Gasteiger partial charge >= 0.3 is 0 Å². The quantitative estimate of drug-likeness (QED) is 0.563. The van der Waals surface area contributed by atoms with Gasteiger partial charge in [0.15, 0.2) is 11.6 Å². The average molecular weight is 427 g/mol. The lowest BCUT2D eigenvalue weighted by Crippen LogP contribution is -2.25. The van der Waals surface area contributed by atoms with Gasteiger partial charge < -0.3 is 20.4 Å². The van der Waals surface area contributed by atoms with Crippen molar-refractivity contribution in [3.8, 4) is 5.75 Å². The average Bonchev–Trinajstić information content (AvgIpc) is 3.30. The van der Waals surface area contributed by atoms with Crippen molar-refractivity contribution in [2.45, 2.75) is 38.8 Å². The van der Waals surface area contributed by atoms with Crippen LogP contribution in [-0.2, 0) is 6.67 Å². The van der Waals surface area contributed by atoms with Crippen molar-refractivity contribution in [1.82, 2.24) is 24.5 Å². The first kappa shape index (κ1) is 20.8. The molecule has 0 unspecified atom stereocenters. The number of hydrogen-bond acceptors (Lipinski definition) is 8. The molecule has 0 radical (unpaired) electrons. The van der Waals surface area contributed by atoms with E-state index in [0.29, 0.717) is 30.2 Å². The molecule has 164 valence electrons. The SMILES string of the molecule is COc1ccc(N(Cn2ccnc2)c2nc(N)nc(NCC3CCCCC3)n2)cc1F. The summed E-state index contributed by atoms with van der Waals surface area (Å²) in [6.45, 7) is 1.11. The maximum atomic E-state index is 14.4. The fraction of sp³-hybridized carbons (Fsp3) is 0.429. The summed E-state index contributed by atoms with van der Waals surface area (Å²) in [5.41, 5.74) is 6.54. The second-order valence-electron chi connectivity index (χ2n) is 7.67. The van der Waals surface area contributed by atoms with E-state index in [0.717, 1.165) is 6.54 Å². The van der Waals surface area contributed by atoms with Crippen LogP contribution in [0.15, 0.2) is 36.9 Å². The van der Waals surface area contributed by atoms with E-state index in [1.54, 1.807) is 35.8 Å². The Labute approximate surface area is 180 Å². The smallest absolute Gasteiger partial charge is 0.238 e. The highest BCUT2D eigenvalue weighted by molar-refractivity contribution is 5.59. The fourth-order valence-corrected chi connectivity index (χ4v) is 3.82. The van der Waals surface area contributed by atoms with Crippen LogP contribution in [0, 0.1) is 11.7 Å². The summed E-state index contributed by atoms with van der Waals surface area (Å²) in [5.74, 6) is 1.12. The third kappa shape index (κ3) is 5.19. The summed E-state index contributed by atoms with van der Waals surface area (Å²) in [5, 5.41) is 3.31. The van der Waals surface area contributed by atoms with Gasteiger partial charge in [-0.3, -0.25) is 4.90 Å². The molecule has 1 aliphatic carbocycles. The zero-order chi connectivity index (χ0) is 21.6. The lowest BCUT2D eigenvalue weighted by Gasteiger charge is -2.25. The minimum absolute atomic E-state index is 0.0979. The first-order valence-corrected chi connectivity index (χ1v) is 10.4. The Morgan fingerprint density at radius 1 is 1.23 bits per heavy atom. The molecule has 0 atom stereocenters. The number of benzene rings is 1. The maximum absolute atomic E-state index is 14.4. The van der Waals surface area contributed by atoms with E-state index in [4.69, 9.17) is 10.5 Å². The number of nitrogen functional groups attached to an aromatic ring is 1. The lowest BCUT2D eigenvalue weighted by atomic mass is 9.89. The minimum Gasteiger partial charge on any atom is -0.494 e. The van der Waals surface area contributed by atoms with E-state index in [1.165, 1.54) is 45.3 Å². The molecule has 1 aromatic carbocycles. The number of nitrogens with zero attached hydrogens (tertiary/aromatic N) is 6. The second kappa shape index (κ2) is 9.59. The zero-order valence-corrected chi connectivity index (χ0v) is 17.5. The minimum atomic E-state index is -0.478. The summed E-state index contributed by atoms with van der Waals surface area (Å²) in [6, 6.07) is 4.69. The van der Waals surface area contributed by atoms with Crippen LogP contribution in [0.2, 0.25) is 0 Å². The molecule has 3 N–H and O–H groups in total. The van der Waals surface area contributed by atoms with Crippen LogP contribution in [0.3, 0.4) is 0 Å². The van der Waals surface area contributed by atoms with Crippen molar-refractivity contribution in [3.63, 3.8) is 0 Å². The number of ether oxygens (including phenoxy) is 1. The first-order valence-electron chi connectivity index (χ1n) is 10.4. The zero-order valence-electron chi connectivity index (χ0n) is 17.5. The summed E-state index contributed by atoms with van der Waals surface area (Å²) < 4.78 is 21.3. The van der Waals surface area contributed by atoms with Crippen LogP contribution in [0.5, 0.6) is 5.75 Å². The van der Waals surface area contributed by atoms with Gasteiger partial charge in [0.25, 0.3) is 0 Å². The third-order valence-corrected chi connectivity index (χ3v) is 5.47. The molecule has 3 aromatic rings. The van der Waals surface area contributed by atoms with E-state index in [9.17, 15) is 4.39 Å². The van der Waals surface area contributed by atoms with Gasteiger partial charge in [-0.05, 0) is 30.9 Å². The standard InChI is InChI=1S/C21H27FN8O/c1-31-18-8-7-16(11-17(18)22)30(14-29-10-9-24-13-29)21-27-19(23)26-20(28-21)25-12-15-5-3-2-4-6-15/h7-11,13,15H,2-6,12,14H2,1H3,(H3,23,25,26,27,28). The van der Waals surface area contributed by atoms with Crippen LogP contribution in [0.1, 0.15) is 32.1 Å². The van der Waals surface area contributed by atoms with E-state index in [2.05, 4.69) is 25.3 Å². The molecule has 9 nitrogen and oxygen atoms in total. The van der Waals surface area contributed by atoms with Gasteiger partial charge in [0.05, 0.1) is 13.4 Å². The van der Waals surface area contributed by atoms with Gasteiger partial charge in [-0.2, -0.15) is 15.0 Å². The number of imidazole rings is 1. The van der Waals surface area contributed by atoms with Gasteiger partial charge in [-0.1, -0.05) is 19.3 Å². The van der Waals surface area contributed by atoms with Gasteiger partial charge in [0, 0.05) is 30.7 Å². The molecule has 0 aliphatic heterocycles. The van der Waals surface area contributed by atoms with Crippen LogP contribution in [0.25, 0.3) is 0 Å². The fourth-order valence-electron chi connectivity index (χ4n) is 3.82. The Bertz CT molecular complexity index is 991. The van der Waals surface area contributed by atoms with Crippen LogP contribution in [0.4, 0.5) is 27.9 Å². The van der Waals surface area contributed by atoms with Crippen molar-refractivity contribution < 1.29 is 9.13 Å². The number of aromatic nitrogens is 5. The monoisotopic (exact) mass is 426 g/mol. The summed E-state index contributed by atoms with van der Waals surface area (Å²) in [4.78, 5) is 18.9. The number of rotatable bonds is 8. The van der Waals surface area contributed by atoms with E-state index >= 15 is 0 Å². The van der Waals surface area contributed by atoms with Crippen LogP contribution < -0.4 is 20.7 Å². The number of nitrogens with two attached hydrogens (primary N) is 1. The van der Waals surface area contributed by atoms with Crippen molar-refractivity contribution in [2.24, 2.45) is 5.92 Å². The molecule has 4 rings (SSSR count). The molecule has 0 bridgehead atoms. The van der Waals surface area contributed by atoms with E-state index in [-0.39, 0.29) is 11.7 Å². The number of anilines is 4. The predicted octanol–water partition coefficient (Wildman–Crippen LogP) is 3.59. The highest BCUT2D eigenvalue weighted by Crippen LogP contribution is 2.29. The van der Waals surface area contributed by atoms with Gasteiger partial charge in [-0.25, -0.2) is 9.37 Å². The Balaban J connectivity index is 1.62. The molecule has 0 saturated heterocycles. The molecule has 0 spiro atoms. The summed E-state index contributed by atoms with van der Waals surface area (Å²) >= 11 is 0. The van der Waals surface area contributed by atoms with E-state index in [1.807, 2.05) is 4.57 Å². The topological polar surface area (TPSA) is 107 Å². The molecule has 2 heterocycles. The molecule has 2 aromatic heterocycles. The predicted molar refractivity (Wildman–Crippen MR) is 117 cm³/mol. The number of methoxy groups -OCH3 is 1. The van der Waals surface area contributed by atoms with Crippen molar-refractivity contribution >= 4 is 23.5 Å². The van der Waals surface area contributed by atoms with E-state index < -0.39 is 5.82 Å². The molecule has 1 fully saturated rings. The van der Waals surface area contributed by atoms with Crippen LogP contribution in [-0.4, -0.2) is 38.2 Å². The van der Waals surface area contributed by atoms with Crippen molar-refractivity contribution in [1.29, 1.82) is 0 Å². The number of nitrogens with one attached hydrogen (secondary N) is 1. The summed E-state index contributed by atoms with van der Waals surface area (Å²) in [7, 11) is 1.43. The third-order valence-electron chi connectivity index (χ3n) is 5.47. The lowest BCUT2D eigenvalue weighted by molar-refractivity contribution is 0.373. The van der Waals surface area contributed by atoms with Crippen LogP contribution >= 0.6 is 0 Å².